The van der Waals surface area contributed by atoms with Gasteiger partial charge < -0.3 is 5.32 Å². The molecule has 0 aliphatic heterocycles. The van der Waals surface area contributed by atoms with E-state index in [1.54, 1.807) is 0 Å². The summed E-state index contributed by atoms with van der Waals surface area (Å²) in [5, 5.41) is 6.16. The van der Waals surface area contributed by atoms with Crippen LogP contribution < -0.4 is 5.32 Å². The topological polar surface area (TPSA) is 12.0 Å². The van der Waals surface area contributed by atoms with E-state index in [1.165, 1.54) is 16.3 Å². The highest BCUT2D eigenvalue weighted by Crippen LogP contribution is 2.27. The monoisotopic (exact) mass is 325 g/mol. The second-order valence-electron chi connectivity index (χ2n) is 4.94. The lowest BCUT2D eigenvalue weighted by Crippen LogP contribution is -2.06. The normalized spacial score (nSPS) is 12.3. The van der Waals surface area contributed by atoms with E-state index in [2.05, 4.69) is 94.9 Å². The van der Waals surface area contributed by atoms with Crippen LogP contribution >= 0.6 is 15.9 Å². The number of rotatable bonds is 3. The first-order valence-electron chi connectivity index (χ1n) is 6.74. The largest absolute Gasteiger partial charge is 0.378 e. The van der Waals surface area contributed by atoms with Gasteiger partial charge in [0, 0.05) is 16.2 Å². The Morgan fingerprint density at radius 1 is 0.850 bits per heavy atom. The summed E-state index contributed by atoms with van der Waals surface area (Å²) in [5.74, 6) is 0. The molecule has 0 radical (unpaired) electrons. The summed E-state index contributed by atoms with van der Waals surface area (Å²) in [6.45, 7) is 2.20. The van der Waals surface area contributed by atoms with E-state index in [4.69, 9.17) is 0 Å². The second kappa shape index (κ2) is 5.68. The van der Waals surface area contributed by atoms with Crippen LogP contribution in [0.3, 0.4) is 0 Å². The van der Waals surface area contributed by atoms with Crippen molar-refractivity contribution in [2.45, 2.75) is 13.0 Å². The van der Waals surface area contributed by atoms with Crippen LogP contribution in [0.15, 0.2) is 71.2 Å². The summed E-state index contributed by atoms with van der Waals surface area (Å²) < 4.78 is 1.10. The van der Waals surface area contributed by atoms with E-state index in [-0.39, 0.29) is 6.04 Å². The lowest BCUT2D eigenvalue weighted by Gasteiger charge is -2.18. The van der Waals surface area contributed by atoms with Crippen molar-refractivity contribution in [2.24, 2.45) is 0 Å². The fourth-order valence-corrected chi connectivity index (χ4v) is 2.77. The predicted octanol–water partition coefficient (Wildman–Crippen LogP) is 5.78. The molecule has 0 amide bonds. The van der Waals surface area contributed by atoms with E-state index in [9.17, 15) is 0 Å². The molecule has 0 fully saturated rings. The van der Waals surface area contributed by atoms with Crippen LogP contribution in [0.2, 0.25) is 0 Å². The Hall–Kier alpha value is -1.80. The summed E-state index contributed by atoms with van der Waals surface area (Å²) in [5.41, 5.74) is 2.46. The third-order valence-corrected chi connectivity index (χ3v) is 4.05. The standard InChI is InChI=1S/C18H16BrN/c1-13(20-16-11-9-15(19)10-12-16)17-8-4-6-14-5-2-3-7-18(14)17/h2-13,20H,1H3. The molecular weight excluding hydrogens is 310 g/mol. The van der Waals surface area contributed by atoms with Gasteiger partial charge in [0.05, 0.1) is 0 Å². The first-order valence-corrected chi connectivity index (χ1v) is 7.53. The van der Waals surface area contributed by atoms with E-state index in [1.807, 2.05) is 0 Å². The fraction of sp³-hybridized carbons (Fsp3) is 0.111. The minimum Gasteiger partial charge on any atom is -0.378 e. The number of hydrogen-bond acceptors (Lipinski definition) is 1. The Balaban J connectivity index is 1.92. The summed E-state index contributed by atoms with van der Waals surface area (Å²) in [6, 6.07) is 23.5. The first kappa shape index (κ1) is 13.2. The van der Waals surface area contributed by atoms with Crippen molar-refractivity contribution in [3.05, 3.63) is 76.8 Å². The van der Waals surface area contributed by atoms with Gasteiger partial charge in [-0.2, -0.15) is 0 Å². The molecule has 0 spiro atoms. The summed E-state index contributed by atoms with van der Waals surface area (Å²) >= 11 is 3.46. The predicted molar refractivity (Wildman–Crippen MR) is 90.1 cm³/mol. The molecule has 0 aromatic heterocycles. The van der Waals surface area contributed by atoms with E-state index >= 15 is 0 Å². The number of fused-ring (bicyclic) bond motifs is 1. The molecule has 0 saturated carbocycles. The van der Waals surface area contributed by atoms with Crippen molar-refractivity contribution in [1.29, 1.82) is 0 Å². The zero-order valence-electron chi connectivity index (χ0n) is 11.3. The summed E-state index contributed by atoms with van der Waals surface area (Å²) in [7, 11) is 0. The molecule has 20 heavy (non-hydrogen) atoms. The molecular formula is C18H16BrN. The molecule has 0 bridgehead atoms. The molecule has 3 rings (SSSR count). The highest BCUT2D eigenvalue weighted by atomic mass is 79.9. The number of nitrogens with one attached hydrogen (secondary N) is 1. The smallest absolute Gasteiger partial charge is 0.0491 e. The lowest BCUT2D eigenvalue weighted by atomic mass is 9.99. The fourth-order valence-electron chi connectivity index (χ4n) is 2.50. The molecule has 0 saturated heterocycles. The maximum absolute atomic E-state index is 3.56. The number of benzene rings is 3. The van der Waals surface area contributed by atoms with Crippen molar-refractivity contribution in [1.82, 2.24) is 0 Å². The van der Waals surface area contributed by atoms with Gasteiger partial charge in [-0.15, -0.1) is 0 Å². The quantitative estimate of drug-likeness (QED) is 0.644. The highest BCUT2D eigenvalue weighted by molar-refractivity contribution is 9.10. The Kier molecular flexibility index (Phi) is 3.75. The van der Waals surface area contributed by atoms with E-state index in [0.717, 1.165) is 10.2 Å². The Morgan fingerprint density at radius 2 is 1.55 bits per heavy atom. The van der Waals surface area contributed by atoms with Crippen LogP contribution in [-0.4, -0.2) is 0 Å². The van der Waals surface area contributed by atoms with Gasteiger partial charge in [-0.05, 0) is 47.5 Å². The molecule has 0 aliphatic rings. The molecule has 2 heteroatoms. The van der Waals surface area contributed by atoms with Gasteiger partial charge in [-0.1, -0.05) is 58.4 Å². The zero-order valence-corrected chi connectivity index (χ0v) is 12.9. The molecule has 1 N–H and O–H groups in total. The van der Waals surface area contributed by atoms with Gasteiger partial charge in [0.15, 0.2) is 0 Å². The van der Waals surface area contributed by atoms with Crippen molar-refractivity contribution >= 4 is 32.4 Å². The maximum atomic E-state index is 3.56. The van der Waals surface area contributed by atoms with Gasteiger partial charge in [0.1, 0.15) is 0 Å². The minimum absolute atomic E-state index is 0.266. The van der Waals surface area contributed by atoms with Crippen LogP contribution in [0, 0.1) is 0 Å². The summed E-state index contributed by atoms with van der Waals surface area (Å²) in [4.78, 5) is 0. The van der Waals surface area contributed by atoms with E-state index < -0.39 is 0 Å². The molecule has 1 nitrogen and oxygen atoms in total. The van der Waals surface area contributed by atoms with Crippen LogP contribution in [0.25, 0.3) is 10.8 Å². The highest BCUT2D eigenvalue weighted by Gasteiger charge is 2.08. The molecule has 100 valence electrons. The Bertz CT molecular complexity index is 714. The number of halogens is 1. The Morgan fingerprint density at radius 3 is 2.35 bits per heavy atom. The summed E-state index contributed by atoms with van der Waals surface area (Å²) in [6.07, 6.45) is 0. The third kappa shape index (κ3) is 2.70. The zero-order chi connectivity index (χ0) is 13.9. The van der Waals surface area contributed by atoms with Crippen LogP contribution in [0.5, 0.6) is 0 Å². The lowest BCUT2D eigenvalue weighted by molar-refractivity contribution is 0.894. The van der Waals surface area contributed by atoms with Crippen LogP contribution in [0.1, 0.15) is 18.5 Å². The third-order valence-electron chi connectivity index (χ3n) is 3.52. The first-order chi connectivity index (χ1) is 9.74. The molecule has 1 atom stereocenters. The molecule has 3 aromatic carbocycles. The van der Waals surface area contributed by atoms with E-state index in [0.29, 0.717) is 0 Å². The number of hydrogen-bond donors (Lipinski definition) is 1. The maximum Gasteiger partial charge on any atom is 0.0491 e. The minimum atomic E-state index is 0.266. The van der Waals surface area contributed by atoms with Gasteiger partial charge in [-0.25, -0.2) is 0 Å². The van der Waals surface area contributed by atoms with Gasteiger partial charge in [0.25, 0.3) is 0 Å². The van der Waals surface area contributed by atoms with Gasteiger partial charge in [-0.3, -0.25) is 0 Å². The molecule has 0 aliphatic carbocycles. The SMILES string of the molecule is CC(Nc1ccc(Br)cc1)c1cccc2ccccc12. The average Bonchev–Trinajstić information content (AvgIpc) is 2.49. The van der Waals surface area contributed by atoms with Gasteiger partial charge in [0.2, 0.25) is 0 Å². The van der Waals surface area contributed by atoms with Crippen LogP contribution in [-0.2, 0) is 0 Å². The molecule has 0 heterocycles. The Labute approximate surface area is 127 Å². The second-order valence-corrected chi connectivity index (χ2v) is 5.86. The number of anilines is 1. The molecule has 1 unspecified atom stereocenters. The van der Waals surface area contributed by atoms with Crippen molar-refractivity contribution in [2.75, 3.05) is 5.32 Å². The van der Waals surface area contributed by atoms with Crippen molar-refractivity contribution in [3.8, 4) is 0 Å². The van der Waals surface area contributed by atoms with Crippen molar-refractivity contribution < 1.29 is 0 Å². The van der Waals surface area contributed by atoms with Crippen LogP contribution in [0.4, 0.5) is 5.69 Å². The molecule has 3 aromatic rings. The average molecular weight is 326 g/mol. The van der Waals surface area contributed by atoms with Crippen molar-refractivity contribution in [3.63, 3.8) is 0 Å². The van der Waals surface area contributed by atoms with Gasteiger partial charge >= 0.3 is 0 Å².